The minimum atomic E-state index is -0.439. The molecule has 0 bridgehead atoms. The highest BCUT2D eigenvalue weighted by atomic mass is 16.5. The van der Waals surface area contributed by atoms with Crippen molar-refractivity contribution in [1.82, 2.24) is 0 Å². The first-order valence-corrected chi connectivity index (χ1v) is 11.9. The van der Waals surface area contributed by atoms with Gasteiger partial charge in [0.25, 0.3) is 0 Å². The number of ether oxygens (including phenoxy) is 2. The zero-order chi connectivity index (χ0) is 23.7. The van der Waals surface area contributed by atoms with Gasteiger partial charge in [0.05, 0.1) is 18.6 Å². The highest BCUT2D eigenvalue weighted by Crippen LogP contribution is 2.19. The van der Waals surface area contributed by atoms with Crippen LogP contribution in [0.3, 0.4) is 0 Å². The first kappa shape index (κ1) is 29.2. The number of allylic oxidation sites excluding steroid dienone is 5. The van der Waals surface area contributed by atoms with E-state index in [4.69, 9.17) is 9.47 Å². The minimum absolute atomic E-state index is 0.142. The van der Waals surface area contributed by atoms with Crippen molar-refractivity contribution in [3.05, 3.63) is 34.9 Å². The van der Waals surface area contributed by atoms with Gasteiger partial charge in [-0.15, -0.1) is 0 Å². The Morgan fingerprint density at radius 1 is 0.806 bits per heavy atom. The van der Waals surface area contributed by atoms with Crippen molar-refractivity contribution in [2.75, 3.05) is 13.2 Å². The van der Waals surface area contributed by atoms with Crippen molar-refractivity contribution in [1.29, 1.82) is 0 Å². The molecule has 0 atom stereocenters. The second kappa shape index (κ2) is 16.8. The van der Waals surface area contributed by atoms with Crippen LogP contribution in [0.4, 0.5) is 0 Å². The molecule has 0 radical (unpaired) electrons. The average Bonchev–Trinajstić information content (AvgIpc) is 2.65. The van der Waals surface area contributed by atoms with E-state index in [9.17, 15) is 9.59 Å². The van der Waals surface area contributed by atoms with Crippen LogP contribution in [0.5, 0.6) is 0 Å². The fourth-order valence-electron chi connectivity index (χ4n) is 3.00. The maximum absolute atomic E-state index is 11.9. The number of unbranched alkanes of at least 4 members (excludes halogenated alkanes) is 3. The summed E-state index contributed by atoms with van der Waals surface area (Å²) in [7, 11) is 0. The van der Waals surface area contributed by atoms with Gasteiger partial charge in [0.1, 0.15) is 0 Å². The molecule has 0 saturated heterocycles. The summed E-state index contributed by atoms with van der Waals surface area (Å²) in [6.07, 6.45) is 15.2. The minimum Gasteiger partial charge on any atom is -0.465 e. The third-order valence-electron chi connectivity index (χ3n) is 4.90. The van der Waals surface area contributed by atoms with Gasteiger partial charge < -0.3 is 9.47 Å². The van der Waals surface area contributed by atoms with Gasteiger partial charge in [-0.1, -0.05) is 41.7 Å². The normalized spacial score (nSPS) is 12.5. The highest BCUT2D eigenvalue weighted by Gasteiger charge is 2.22. The molecule has 0 aliphatic carbocycles. The summed E-state index contributed by atoms with van der Waals surface area (Å²) >= 11 is 0. The number of carbonyl (C=O) groups is 2. The van der Waals surface area contributed by atoms with Crippen LogP contribution in [0.1, 0.15) is 106 Å². The molecule has 0 aromatic heterocycles. The molecular formula is C27H46O4. The predicted molar refractivity (Wildman–Crippen MR) is 130 cm³/mol. The van der Waals surface area contributed by atoms with Gasteiger partial charge in [0.2, 0.25) is 0 Å². The monoisotopic (exact) mass is 434 g/mol. The Labute approximate surface area is 191 Å². The summed E-state index contributed by atoms with van der Waals surface area (Å²) in [5.41, 5.74) is 3.48. The van der Waals surface area contributed by atoms with Crippen LogP contribution in [0, 0.1) is 5.41 Å². The Kier molecular flexibility index (Phi) is 15.8. The largest absolute Gasteiger partial charge is 0.465 e. The van der Waals surface area contributed by atoms with Gasteiger partial charge in [-0.25, -0.2) is 4.79 Å². The third-order valence-corrected chi connectivity index (χ3v) is 4.90. The number of rotatable bonds is 15. The summed E-state index contributed by atoms with van der Waals surface area (Å²) in [6.45, 7) is 14.8. The molecular weight excluding hydrogens is 388 g/mol. The lowest BCUT2D eigenvalue weighted by Crippen LogP contribution is -2.23. The van der Waals surface area contributed by atoms with Crippen molar-refractivity contribution >= 4 is 11.9 Å². The van der Waals surface area contributed by atoms with E-state index in [1.165, 1.54) is 11.1 Å². The molecule has 0 N–H and O–H groups in total. The van der Waals surface area contributed by atoms with Crippen LogP contribution in [-0.4, -0.2) is 25.2 Å². The van der Waals surface area contributed by atoms with Crippen molar-refractivity contribution in [3.8, 4) is 0 Å². The standard InChI is InChI=1S/C27H46O4/c1-8-30-25(28)21-24(19-14-17-23(4)16-13-15-22(2)3)18-11-9-10-12-20-31-26(29)27(5,6)7/h15,17,21H,8-14,16,18-20H2,1-7H3/b23-17+,24-21-. The third kappa shape index (κ3) is 17.5. The molecule has 0 rings (SSSR count). The van der Waals surface area contributed by atoms with Crippen LogP contribution in [0.25, 0.3) is 0 Å². The molecule has 31 heavy (non-hydrogen) atoms. The predicted octanol–water partition coefficient (Wildman–Crippen LogP) is 7.49. The van der Waals surface area contributed by atoms with E-state index in [-0.39, 0.29) is 11.9 Å². The van der Waals surface area contributed by atoms with E-state index in [1.54, 1.807) is 6.08 Å². The highest BCUT2D eigenvalue weighted by molar-refractivity contribution is 5.82. The lowest BCUT2D eigenvalue weighted by molar-refractivity contribution is -0.153. The smallest absolute Gasteiger partial charge is 0.330 e. The van der Waals surface area contributed by atoms with Gasteiger partial charge in [-0.2, -0.15) is 0 Å². The lowest BCUT2D eigenvalue weighted by atomic mass is 9.97. The van der Waals surface area contributed by atoms with Gasteiger partial charge in [-0.05, 0) is 93.4 Å². The van der Waals surface area contributed by atoms with Gasteiger partial charge >= 0.3 is 11.9 Å². The van der Waals surface area contributed by atoms with E-state index >= 15 is 0 Å². The molecule has 0 aromatic carbocycles. The molecule has 4 heteroatoms. The van der Waals surface area contributed by atoms with E-state index in [0.29, 0.717) is 13.2 Å². The Bertz CT molecular complexity index is 614. The molecule has 4 nitrogen and oxygen atoms in total. The first-order valence-electron chi connectivity index (χ1n) is 11.9. The number of hydrogen-bond acceptors (Lipinski definition) is 4. The maximum atomic E-state index is 11.9. The maximum Gasteiger partial charge on any atom is 0.330 e. The van der Waals surface area contributed by atoms with E-state index in [2.05, 4.69) is 32.9 Å². The Morgan fingerprint density at radius 3 is 2.06 bits per heavy atom. The van der Waals surface area contributed by atoms with Crippen LogP contribution >= 0.6 is 0 Å². The number of carbonyl (C=O) groups excluding carboxylic acids is 2. The quantitative estimate of drug-likeness (QED) is 0.116. The topological polar surface area (TPSA) is 52.6 Å². The van der Waals surface area contributed by atoms with Crippen LogP contribution in [-0.2, 0) is 19.1 Å². The number of esters is 2. The molecule has 0 aliphatic heterocycles. The molecule has 0 spiro atoms. The van der Waals surface area contributed by atoms with Crippen LogP contribution in [0.15, 0.2) is 34.9 Å². The number of hydrogen-bond donors (Lipinski definition) is 0. The zero-order valence-corrected chi connectivity index (χ0v) is 21.1. The fourth-order valence-corrected chi connectivity index (χ4v) is 3.00. The summed E-state index contributed by atoms with van der Waals surface area (Å²) in [5.74, 6) is -0.382. The second-order valence-electron chi connectivity index (χ2n) is 9.51. The van der Waals surface area contributed by atoms with Gasteiger partial charge in [0.15, 0.2) is 0 Å². The first-order chi connectivity index (χ1) is 14.6. The van der Waals surface area contributed by atoms with E-state index in [0.717, 1.165) is 63.4 Å². The molecule has 0 saturated carbocycles. The molecule has 0 unspecified atom stereocenters. The second-order valence-corrected chi connectivity index (χ2v) is 9.51. The van der Waals surface area contributed by atoms with Gasteiger partial charge in [-0.3, -0.25) is 4.79 Å². The van der Waals surface area contributed by atoms with Crippen molar-refractivity contribution in [2.45, 2.75) is 106 Å². The molecule has 0 heterocycles. The fraction of sp³-hybridized carbons (Fsp3) is 0.704. The molecule has 0 aliphatic rings. The lowest BCUT2D eigenvalue weighted by Gasteiger charge is -2.16. The van der Waals surface area contributed by atoms with Crippen LogP contribution < -0.4 is 0 Å². The summed E-state index contributed by atoms with van der Waals surface area (Å²) in [5, 5.41) is 0. The van der Waals surface area contributed by atoms with Gasteiger partial charge in [0, 0.05) is 6.08 Å². The van der Waals surface area contributed by atoms with E-state index < -0.39 is 5.41 Å². The summed E-state index contributed by atoms with van der Waals surface area (Å²) in [4.78, 5) is 23.7. The van der Waals surface area contributed by atoms with Crippen LogP contribution in [0.2, 0.25) is 0 Å². The molecule has 0 fully saturated rings. The summed E-state index contributed by atoms with van der Waals surface area (Å²) < 4.78 is 10.4. The summed E-state index contributed by atoms with van der Waals surface area (Å²) in [6, 6.07) is 0. The Morgan fingerprint density at radius 2 is 1.45 bits per heavy atom. The molecule has 178 valence electrons. The molecule has 0 amide bonds. The van der Waals surface area contributed by atoms with Crippen molar-refractivity contribution < 1.29 is 19.1 Å². The Hall–Kier alpha value is -1.84. The SMILES string of the molecule is CCOC(=O)/C=C(\CC/C=C(\C)CCC=C(C)C)CCCCCCOC(=O)C(C)(C)C. The zero-order valence-electron chi connectivity index (χ0n) is 21.1. The van der Waals surface area contributed by atoms with Crippen molar-refractivity contribution in [2.24, 2.45) is 5.41 Å². The van der Waals surface area contributed by atoms with E-state index in [1.807, 2.05) is 27.7 Å². The Balaban J connectivity index is 4.37. The molecule has 0 aromatic rings. The van der Waals surface area contributed by atoms with Crippen molar-refractivity contribution in [3.63, 3.8) is 0 Å². The average molecular weight is 435 g/mol.